The van der Waals surface area contributed by atoms with E-state index in [2.05, 4.69) is 5.32 Å². The Balaban J connectivity index is 2.07. The summed E-state index contributed by atoms with van der Waals surface area (Å²) in [5.41, 5.74) is -1.36. The number of allylic oxidation sites excluding steroid dienone is 7. The van der Waals surface area contributed by atoms with Crippen LogP contribution in [-0.2, 0) is 14.4 Å². The fraction of sp³-hybridized carbons (Fsp3) is 0.359. The molecule has 1 amide bonds. The third kappa shape index (κ3) is 9.38. The van der Waals surface area contributed by atoms with Gasteiger partial charge in [-0.1, -0.05) is 75.5 Å². The van der Waals surface area contributed by atoms with Crippen LogP contribution in [0.3, 0.4) is 0 Å². The Kier molecular flexibility index (Phi) is 13.5. The van der Waals surface area contributed by atoms with Crippen molar-refractivity contribution in [1.29, 1.82) is 0 Å². The number of aliphatic hydroxyl groups excluding tert-OH is 4. The highest BCUT2D eigenvalue weighted by Gasteiger charge is 2.39. The Hall–Kier alpha value is -4.97. The van der Waals surface area contributed by atoms with Crippen molar-refractivity contribution in [3.05, 3.63) is 106 Å². The van der Waals surface area contributed by atoms with Crippen LogP contribution < -0.4 is 5.32 Å². The smallest absolute Gasteiger partial charge is 0.253 e. The molecule has 0 aromatic heterocycles. The Morgan fingerprint density at radius 1 is 0.720 bits per heavy atom. The van der Waals surface area contributed by atoms with Crippen molar-refractivity contribution in [2.75, 3.05) is 0 Å². The second-order valence-corrected chi connectivity index (χ2v) is 12.9. The van der Waals surface area contributed by atoms with E-state index in [4.69, 9.17) is 0 Å². The first-order chi connectivity index (χ1) is 23.5. The Bertz CT molecular complexity index is 1770. The molecular weight excluding hydrogens is 642 g/mol. The molecule has 266 valence electrons. The van der Waals surface area contributed by atoms with E-state index in [1.807, 2.05) is 0 Å². The average Bonchev–Trinajstić information content (AvgIpc) is 3.07. The highest BCUT2D eigenvalue weighted by atomic mass is 16.3. The number of nitrogens with one attached hydrogen (secondary N) is 1. The second kappa shape index (κ2) is 17.1. The Morgan fingerprint density at radius 2 is 1.38 bits per heavy atom. The number of rotatable bonds is 0. The van der Waals surface area contributed by atoms with E-state index in [9.17, 15) is 49.5 Å². The lowest BCUT2D eigenvalue weighted by atomic mass is 9.82. The van der Waals surface area contributed by atoms with Gasteiger partial charge in [0.15, 0.2) is 17.3 Å². The molecule has 50 heavy (non-hydrogen) atoms. The van der Waals surface area contributed by atoms with E-state index in [1.165, 1.54) is 44.2 Å². The topological polar surface area (TPSA) is 199 Å². The molecule has 6 atom stereocenters. The van der Waals surface area contributed by atoms with Crippen LogP contribution in [0.4, 0.5) is 0 Å². The predicted octanol–water partition coefficient (Wildman–Crippen LogP) is 4.46. The fourth-order valence-corrected chi connectivity index (χ4v) is 5.53. The maximum atomic E-state index is 13.7. The summed E-state index contributed by atoms with van der Waals surface area (Å²) >= 11 is 0. The quantitative estimate of drug-likeness (QED) is 0.167. The van der Waals surface area contributed by atoms with Crippen molar-refractivity contribution in [3.63, 3.8) is 0 Å². The van der Waals surface area contributed by atoms with Crippen LogP contribution in [0.15, 0.2) is 83.7 Å². The SMILES string of the molecule is C/C1=C/C[C@H](O)/C=C\[C@H](C)[C@H](O)[C@@H](C)/C=C(/C)C(=O)c2c(O)c(C)cc3c2C(=O)C(=O)C(=C3O)NC(=O)\C=C/C=C\C=C/[C@H](C)[C@@H](O)CC1=O. The van der Waals surface area contributed by atoms with Crippen LogP contribution >= 0.6 is 0 Å². The molecule has 0 saturated carbocycles. The lowest BCUT2D eigenvalue weighted by molar-refractivity contribution is -0.118. The second-order valence-electron chi connectivity index (χ2n) is 12.9. The van der Waals surface area contributed by atoms with Gasteiger partial charge < -0.3 is 30.8 Å². The minimum Gasteiger partial charge on any atom is -0.507 e. The number of carbonyl (C=O) groups is 5. The van der Waals surface area contributed by atoms with Gasteiger partial charge in [-0.2, -0.15) is 0 Å². The van der Waals surface area contributed by atoms with Crippen LogP contribution in [0, 0.1) is 24.7 Å². The summed E-state index contributed by atoms with van der Waals surface area (Å²) in [6, 6.07) is 1.23. The fourth-order valence-electron chi connectivity index (χ4n) is 5.53. The summed E-state index contributed by atoms with van der Waals surface area (Å²) in [6.45, 7) is 9.57. The van der Waals surface area contributed by atoms with E-state index in [1.54, 1.807) is 58.1 Å². The third-order valence-electron chi connectivity index (χ3n) is 8.81. The maximum Gasteiger partial charge on any atom is 0.253 e. The zero-order valence-electron chi connectivity index (χ0n) is 29.0. The number of hydrogen-bond acceptors (Lipinski definition) is 10. The van der Waals surface area contributed by atoms with Gasteiger partial charge in [-0.15, -0.1) is 0 Å². The standard InChI is InChI=1S/C39H45NO10/c1-20-11-9-7-8-10-12-30(44)40-33-37(48)27-18-25(6)36(47)32(31(27)38(49)39(33)50)35(46)24(5)17-23(4)34(45)22(3)14-16-26(41)15-13-21(2)29(43)19-28(20)42/h7-14,16-18,20,22-23,26,28,34,41-42,45,47-48H,15,19H2,1-6H3,(H,40,44)/b8-7-,11-9-,12-10-,16-14-,21-13-,24-17-/t20-,22-,23-,26-,28-,34-/m0/s1. The molecule has 1 aromatic rings. The molecule has 1 aliphatic carbocycles. The van der Waals surface area contributed by atoms with E-state index >= 15 is 0 Å². The molecule has 6 N–H and O–H groups in total. The van der Waals surface area contributed by atoms with Crippen LogP contribution in [0.5, 0.6) is 5.75 Å². The predicted molar refractivity (Wildman–Crippen MR) is 188 cm³/mol. The van der Waals surface area contributed by atoms with Crippen LogP contribution in [0.2, 0.25) is 0 Å². The van der Waals surface area contributed by atoms with Gasteiger partial charge in [0.05, 0.1) is 29.4 Å². The van der Waals surface area contributed by atoms with Gasteiger partial charge in [-0.25, -0.2) is 0 Å². The Labute approximate surface area is 291 Å². The number of aromatic hydroxyl groups is 1. The molecule has 0 unspecified atom stereocenters. The van der Waals surface area contributed by atoms with Gasteiger partial charge >= 0.3 is 0 Å². The molecule has 2 aliphatic heterocycles. The molecular formula is C39H45NO10. The third-order valence-corrected chi connectivity index (χ3v) is 8.81. The van der Waals surface area contributed by atoms with Crippen molar-refractivity contribution < 1.29 is 49.5 Å². The number of ketones is 4. The summed E-state index contributed by atoms with van der Waals surface area (Å²) in [7, 11) is 0. The number of Topliss-reactive ketones (excluding diaryl/α,β-unsaturated/α-hetero) is 4. The number of phenolic OH excluding ortho intramolecular Hbond substituents is 1. The summed E-state index contributed by atoms with van der Waals surface area (Å²) in [4.78, 5) is 65.5. The number of fused-ring (bicyclic) bond motifs is 18. The molecule has 0 spiro atoms. The van der Waals surface area contributed by atoms with Gasteiger partial charge in [0.2, 0.25) is 11.7 Å². The molecule has 4 rings (SSSR count). The van der Waals surface area contributed by atoms with Gasteiger partial charge in [-0.3, -0.25) is 24.0 Å². The lowest BCUT2D eigenvalue weighted by Gasteiger charge is -2.23. The van der Waals surface area contributed by atoms with Gasteiger partial charge in [0.25, 0.3) is 5.78 Å². The normalized spacial score (nSPS) is 31.3. The maximum absolute atomic E-state index is 13.7. The highest BCUT2D eigenvalue weighted by molar-refractivity contribution is 6.53. The zero-order chi connectivity index (χ0) is 37.4. The summed E-state index contributed by atoms with van der Waals surface area (Å²) < 4.78 is 0. The van der Waals surface area contributed by atoms with E-state index in [0.717, 1.165) is 6.08 Å². The summed E-state index contributed by atoms with van der Waals surface area (Å²) in [5, 5.41) is 56.2. The molecule has 3 aliphatic rings. The van der Waals surface area contributed by atoms with E-state index < -0.39 is 87.7 Å². The zero-order valence-corrected chi connectivity index (χ0v) is 29.0. The van der Waals surface area contributed by atoms with Crippen molar-refractivity contribution in [1.82, 2.24) is 5.32 Å². The highest BCUT2D eigenvalue weighted by Crippen LogP contribution is 2.37. The van der Waals surface area contributed by atoms with Crippen molar-refractivity contribution in [2.45, 2.75) is 72.7 Å². The number of phenols is 1. The molecule has 11 heteroatoms. The first-order valence-corrected chi connectivity index (χ1v) is 16.3. The number of amides is 1. The number of aryl methyl sites for hydroxylation is 1. The van der Waals surface area contributed by atoms with Crippen LogP contribution in [0.1, 0.15) is 79.3 Å². The molecule has 4 bridgehead atoms. The van der Waals surface area contributed by atoms with Crippen molar-refractivity contribution in [2.24, 2.45) is 17.8 Å². The number of carbonyl (C=O) groups excluding carboxylic acids is 5. The van der Waals surface area contributed by atoms with Crippen LogP contribution in [-0.4, -0.2) is 72.9 Å². The van der Waals surface area contributed by atoms with Crippen LogP contribution in [0.25, 0.3) is 5.76 Å². The molecule has 0 fully saturated rings. The Morgan fingerprint density at radius 3 is 2.06 bits per heavy atom. The summed E-state index contributed by atoms with van der Waals surface area (Å²) in [6.07, 6.45) is 11.9. The minimum absolute atomic E-state index is 0.0421. The first-order valence-electron chi connectivity index (χ1n) is 16.3. The van der Waals surface area contributed by atoms with E-state index in [0.29, 0.717) is 5.57 Å². The molecule has 0 radical (unpaired) electrons. The lowest BCUT2D eigenvalue weighted by Crippen LogP contribution is -2.35. The monoisotopic (exact) mass is 687 g/mol. The van der Waals surface area contributed by atoms with Gasteiger partial charge in [0.1, 0.15) is 11.4 Å². The molecule has 0 saturated heterocycles. The van der Waals surface area contributed by atoms with Crippen molar-refractivity contribution >= 4 is 34.8 Å². The molecule has 11 nitrogen and oxygen atoms in total. The van der Waals surface area contributed by atoms with E-state index in [-0.39, 0.29) is 35.3 Å². The van der Waals surface area contributed by atoms with Crippen molar-refractivity contribution in [3.8, 4) is 5.75 Å². The average molecular weight is 688 g/mol. The largest absolute Gasteiger partial charge is 0.507 e. The molecule has 1 aromatic carbocycles. The van der Waals surface area contributed by atoms with Gasteiger partial charge in [0, 0.05) is 35.8 Å². The minimum atomic E-state index is -1.29. The van der Waals surface area contributed by atoms with Gasteiger partial charge in [-0.05, 0) is 50.0 Å². The number of benzene rings is 1. The summed E-state index contributed by atoms with van der Waals surface area (Å²) in [5.74, 6) is -7.27. The number of aliphatic hydroxyl groups is 4. The number of hydrogen-bond donors (Lipinski definition) is 6. The first kappa shape index (κ1) is 39.5. The molecule has 2 heterocycles.